The van der Waals surface area contributed by atoms with Gasteiger partial charge in [0.05, 0.1) is 25.7 Å². The Kier molecular flexibility index (Phi) is 11.8. The Labute approximate surface area is 218 Å². The predicted molar refractivity (Wildman–Crippen MR) is 140 cm³/mol. The van der Waals surface area contributed by atoms with Crippen LogP contribution in [0.4, 0.5) is 4.39 Å². The first-order valence-corrected chi connectivity index (χ1v) is 13.3. The van der Waals surface area contributed by atoms with Crippen molar-refractivity contribution in [3.63, 3.8) is 0 Å². The number of nitrogens with zero attached hydrogens (tertiary/aromatic N) is 1. The number of rotatable bonds is 15. The van der Waals surface area contributed by atoms with E-state index in [1.54, 1.807) is 24.3 Å². The normalized spacial score (nSPS) is 17.5. The molecule has 3 atom stereocenters. The van der Waals surface area contributed by atoms with E-state index >= 15 is 0 Å². The number of ether oxygens (including phenoxy) is 2. The highest BCUT2D eigenvalue weighted by Crippen LogP contribution is 2.23. The topological polar surface area (TPSA) is 71.0 Å². The quantitative estimate of drug-likeness (QED) is 0.311. The summed E-state index contributed by atoms with van der Waals surface area (Å²) in [5.74, 6) is 1.14. The molecule has 1 heterocycles. The Balaban J connectivity index is 1.55. The molecule has 3 rings (SSSR count). The lowest BCUT2D eigenvalue weighted by molar-refractivity contribution is -0.123. The molecule has 0 unspecified atom stereocenters. The molecular formula is C28H38ClFN2O4. The fourth-order valence-electron chi connectivity index (χ4n) is 4.24. The van der Waals surface area contributed by atoms with E-state index in [9.17, 15) is 14.3 Å². The minimum Gasteiger partial charge on any atom is -0.494 e. The Morgan fingerprint density at radius 1 is 1.08 bits per heavy atom. The second-order valence-corrected chi connectivity index (χ2v) is 9.73. The van der Waals surface area contributed by atoms with E-state index in [1.165, 1.54) is 12.8 Å². The summed E-state index contributed by atoms with van der Waals surface area (Å²) in [5.41, 5.74) is 0.673. The number of hydrogen-bond acceptors (Lipinski definition) is 5. The van der Waals surface area contributed by atoms with E-state index in [0.717, 1.165) is 18.6 Å². The van der Waals surface area contributed by atoms with Crippen LogP contribution in [-0.2, 0) is 4.79 Å². The number of unbranched alkanes of at least 4 members (excludes halogenated alkanes) is 3. The summed E-state index contributed by atoms with van der Waals surface area (Å²) in [5, 5.41) is 14.7. The van der Waals surface area contributed by atoms with Gasteiger partial charge in [-0.25, -0.2) is 4.39 Å². The number of likely N-dealkylation sites (tertiary alicyclic amines) is 1. The van der Waals surface area contributed by atoms with Gasteiger partial charge in [-0.15, -0.1) is 0 Å². The molecule has 1 amide bonds. The van der Waals surface area contributed by atoms with Gasteiger partial charge in [0.15, 0.2) is 0 Å². The van der Waals surface area contributed by atoms with Crippen molar-refractivity contribution in [1.82, 2.24) is 10.2 Å². The molecule has 0 spiro atoms. The monoisotopic (exact) mass is 520 g/mol. The van der Waals surface area contributed by atoms with Crippen molar-refractivity contribution in [1.29, 1.82) is 0 Å². The molecule has 1 aliphatic heterocycles. The molecule has 2 aromatic carbocycles. The number of nitrogens with one attached hydrogen (secondary N) is 1. The zero-order chi connectivity index (χ0) is 25.8. The SMILES string of the molecule is CCCCCCOc1ccc([C@@H](O)[C@@H](CN2CC[C@@H](F)C2)NC(=O)CCOc2ccc(Cl)cc2)cc1. The van der Waals surface area contributed by atoms with E-state index < -0.39 is 18.3 Å². The molecule has 0 aromatic heterocycles. The van der Waals surface area contributed by atoms with E-state index in [0.29, 0.717) is 49.0 Å². The smallest absolute Gasteiger partial charge is 0.223 e. The lowest BCUT2D eigenvalue weighted by Gasteiger charge is -2.29. The highest BCUT2D eigenvalue weighted by Gasteiger charge is 2.29. The number of benzene rings is 2. The molecule has 6 nitrogen and oxygen atoms in total. The maximum absolute atomic E-state index is 13.7. The molecule has 0 aliphatic carbocycles. The number of halogens is 2. The summed E-state index contributed by atoms with van der Waals surface area (Å²) in [4.78, 5) is 14.6. The Hall–Kier alpha value is -2.35. The molecule has 198 valence electrons. The van der Waals surface area contributed by atoms with Gasteiger partial charge >= 0.3 is 0 Å². The molecular weight excluding hydrogens is 483 g/mol. The molecule has 0 saturated carbocycles. The van der Waals surface area contributed by atoms with Crippen molar-refractivity contribution in [2.24, 2.45) is 0 Å². The maximum Gasteiger partial charge on any atom is 0.223 e. The number of carbonyl (C=O) groups is 1. The van der Waals surface area contributed by atoms with Crippen molar-refractivity contribution >= 4 is 17.5 Å². The van der Waals surface area contributed by atoms with Crippen molar-refractivity contribution in [3.8, 4) is 11.5 Å². The Bertz CT molecular complexity index is 913. The summed E-state index contributed by atoms with van der Waals surface area (Å²) < 4.78 is 25.2. The van der Waals surface area contributed by atoms with E-state index in [-0.39, 0.29) is 18.9 Å². The summed E-state index contributed by atoms with van der Waals surface area (Å²) in [6.45, 7) is 4.31. The average molecular weight is 521 g/mol. The van der Waals surface area contributed by atoms with Crippen molar-refractivity contribution < 1.29 is 23.8 Å². The molecule has 8 heteroatoms. The number of hydrogen-bond donors (Lipinski definition) is 2. The van der Waals surface area contributed by atoms with Crippen LogP contribution >= 0.6 is 11.6 Å². The summed E-state index contributed by atoms with van der Waals surface area (Å²) >= 11 is 5.88. The minimum atomic E-state index is -0.941. The van der Waals surface area contributed by atoms with Crippen LogP contribution in [0.1, 0.15) is 57.1 Å². The molecule has 1 aliphatic rings. The highest BCUT2D eigenvalue weighted by atomic mass is 35.5. The lowest BCUT2D eigenvalue weighted by Crippen LogP contribution is -2.47. The predicted octanol–water partition coefficient (Wildman–Crippen LogP) is 5.33. The average Bonchev–Trinajstić information content (AvgIpc) is 3.29. The molecule has 36 heavy (non-hydrogen) atoms. The van der Waals surface area contributed by atoms with Gasteiger partial charge in [-0.05, 0) is 54.8 Å². The Morgan fingerprint density at radius 2 is 1.75 bits per heavy atom. The van der Waals surface area contributed by atoms with Crippen LogP contribution in [0.5, 0.6) is 11.5 Å². The van der Waals surface area contributed by atoms with Gasteiger partial charge in [0, 0.05) is 24.7 Å². The first-order chi connectivity index (χ1) is 17.4. The number of aliphatic hydroxyl groups is 1. The maximum atomic E-state index is 13.7. The first kappa shape index (κ1) is 28.2. The van der Waals surface area contributed by atoms with Crippen LogP contribution in [0.15, 0.2) is 48.5 Å². The van der Waals surface area contributed by atoms with Gasteiger partial charge in [0.1, 0.15) is 23.8 Å². The third-order valence-electron chi connectivity index (χ3n) is 6.30. The largest absolute Gasteiger partial charge is 0.494 e. The van der Waals surface area contributed by atoms with Crippen LogP contribution < -0.4 is 14.8 Å². The van der Waals surface area contributed by atoms with Gasteiger partial charge in [0.25, 0.3) is 0 Å². The van der Waals surface area contributed by atoms with Gasteiger partial charge in [-0.3, -0.25) is 9.69 Å². The summed E-state index contributed by atoms with van der Waals surface area (Å²) in [7, 11) is 0. The summed E-state index contributed by atoms with van der Waals surface area (Å²) in [6, 6.07) is 13.7. The fraction of sp³-hybridized carbons (Fsp3) is 0.536. The summed E-state index contributed by atoms with van der Waals surface area (Å²) in [6.07, 6.45) is 3.33. The Morgan fingerprint density at radius 3 is 2.39 bits per heavy atom. The van der Waals surface area contributed by atoms with E-state index in [4.69, 9.17) is 21.1 Å². The minimum absolute atomic E-state index is 0.127. The second-order valence-electron chi connectivity index (χ2n) is 9.29. The van der Waals surface area contributed by atoms with Crippen LogP contribution in [0.25, 0.3) is 0 Å². The van der Waals surface area contributed by atoms with Crippen molar-refractivity contribution in [2.75, 3.05) is 32.8 Å². The van der Waals surface area contributed by atoms with Crippen LogP contribution in [-0.4, -0.2) is 61.0 Å². The number of alkyl halides is 1. The molecule has 2 aromatic rings. The second kappa shape index (κ2) is 15.0. The highest BCUT2D eigenvalue weighted by molar-refractivity contribution is 6.30. The zero-order valence-electron chi connectivity index (χ0n) is 21.0. The number of carbonyl (C=O) groups excluding carboxylic acids is 1. The molecule has 0 radical (unpaired) electrons. The molecule has 1 fully saturated rings. The molecule has 0 bridgehead atoms. The van der Waals surface area contributed by atoms with Gasteiger partial charge in [-0.2, -0.15) is 0 Å². The lowest BCUT2D eigenvalue weighted by atomic mass is 10.0. The van der Waals surface area contributed by atoms with Gasteiger partial charge < -0.3 is 19.9 Å². The molecule has 2 N–H and O–H groups in total. The number of amides is 1. The standard InChI is InChI=1S/C28H38ClFN2O4/c1-2-3-4-5-17-35-24-10-6-21(7-11-24)28(34)26(20-32-16-14-23(30)19-32)31-27(33)15-18-36-25-12-8-22(29)9-13-25/h6-13,23,26,28,34H,2-5,14-20H2,1H3,(H,31,33)/t23-,26-,28-/m1/s1. The van der Waals surface area contributed by atoms with Crippen LogP contribution in [0, 0.1) is 0 Å². The fourth-order valence-corrected chi connectivity index (χ4v) is 4.36. The number of aliphatic hydroxyl groups excluding tert-OH is 1. The molecule has 1 saturated heterocycles. The van der Waals surface area contributed by atoms with Gasteiger partial charge in [-0.1, -0.05) is 49.9 Å². The van der Waals surface area contributed by atoms with E-state index in [1.807, 2.05) is 29.2 Å². The van der Waals surface area contributed by atoms with E-state index in [2.05, 4.69) is 12.2 Å². The van der Waals surface area contributed by atoms with Gasteiger partial charge in [0.2, 0.25) is 5.91 Å². The third-order valence-corrected chi connectivity index (χ3v) is 6.55. The van der Waals surface area contributed by atoms with Crippen LogP contribution in [0.3, 0.4) is 0 Å². The first-order valence-electron chi connectivity index (χ1n) is 12.9. The zero-order valence-corrected chi connectivity index (χ0v) is 21.8. The third kappa shape index (κ3) is 9.60. The van der Waals surface area contributed by atoms with Crippen molar-refractivity contribution in [2.45, 2.75) is 63.8 Å². The van der Waals surface area contributed by atoms with Crippen LogP contribution in [0.2, 0.25) is 5.02 Å². The van der Waals surface area contributed by atoms with Crippen molar-refractivity contribution in [3.05, 3.63) is 59.1 Å².